The molecule has 98 valence electrons. The molecule has 0 fully saturated rings. The van der Waals surface area contributed by atoms with Crippen LogP contribution in [0.15, 0.2) is 24.3 Å². The van der Waals surface area contributed by atoms with E-state index >= 15 is 0 Å². The Hall–Kier alpha value is -1.70. The highest BCUT2D eigenvalue weighted by Crippen LogP contribution is 2.31. The second-order valence-electron chi connectivity index (χ2n) is 3.65. The number of aromatic amines is 1. The number of rotatable bonds is 2. The number of benzene rings is 1. The summed E-state index contributed by atoms with van der Waals surface area (Å²) in [5.41, 5.74) is -4.26. The fourth-order valence-electron chi connectivity index (χ4n) is 1.51. The molecule has 8 heteroatoms. The van der Waals surface area contributed by atoms with Crippen molar-refractivity contribution in [2.24, 2.45) is 0 Å². The van der Waals surface area contributed by atoms with Gasteiger partial charge in [0.15, 0.2) is 5.75 Å². The zero-order chi connectivity index (χ0) is 13.6. The maximum atomic E-state index is 12.2. The predicted octanol–water partition coefficient (Wildman–Crippen LogP) is 2.70. The summed E-state index contributed by atoms with van der Waals surface area (Å²) in [6, 6.07) is 5.68. The molecule has 0 aliphatic heterocycles. The molecule has 0 saturated heterocycles. The van der Waals surface area contributed by atoms with E-state index in [4.69, 9.17) is 0 Å². The minimum absolute atomic E-state index is 0.280. The van der Waals surface area contributed by atoms with Crippen LogP contribution < -0.4 is 4.18 Å². The van der Waals surface area contributed by atoms with E-state index in [0.29, 0.717) is 11.2 Å². The molecule has 4 nitrogen and oxygen atoms in total. The van der Waals surface area contributed by atoms with Gasteiger partial charge in [-0.15, -0.1) is 0 Å². The van der Waals surface area contributed by atoms with Gasteiger partial charge >= 0.3 is 15.6 Å². The molecule has 0 bridgehead atoms. The zero-order valence-corrected chi connectivity index (χ0v) is 9.89. The van der Waals surface area contributed by atoms with Crippen molar-refractivity contribution < 1.29 is 25.8 Å². The molecule has 0 aliphatic rings. The van der Waals surface area contributed by atoms with Gasteiger partial charge in [0.1, 0.15) is 0 Å². The molecule has 1 N–H and O–H groups in total. The summed E-state index contributed by atoms with van der Waals surface area (Å²) >= 11 is 0. The van der Waals surface area contributed by atoms with E-state index in [-0.39, 0.29) is 11.1 Å². The Morgan fingerprint density at radius 3 is 2.56 bits per heavy atom. The van der Waals surface area contributed by atoms with Crippen LogP contribution in [0.2, 0.25) is 0 Å². The van der Waals surface area contributed by atoms with Crippen molar-refractivity contribution in [3.63, 3.8) is 0 Å². The zero-order valence-electron chi connectivity index (χ0n) is 9.08. The maximum absolute atomic E-state index is 12.2. The lowest BCUT2D eigenvalue weighted by molar-refractivity contribution is -0.0499. The molecule has 1 heterocycles. The third-order valence-corrected chi connectivity index (χ3v) is 3.21. The molecule has 0 spiro atoms. The van der Waals surface area contributed by atoms with Gasteiger partial charge in [-0.05, 0) is 25.1 Å². The van der Waals surface area contributed by atoms with Gasteiger partial charge in [0, 0.05) is 16.6 Å². The number of H-pyrrole nitrogens is 1. The summed E-state index contributed by atoms with van der Waals surface area (Å²) in [6.07, 6.45) is 0. The normalized spacial score (nSPS) is 12.9. The first-order valence-corrected chi connectivity index (χ1v) is 6.20. The highest BCUT2D eigenvalue weighted by molar-refractivity contribution is 7.88. The first-order chi connectivity index (χ1) is 8.21. The molecule has 18 heavy (non-hydrogen) atoms. The summed E-state index contributed by atoms with van der Waals surface area (Å²) in [7, 11) is -5.65. The van der Waals surface area contributed by atoms with Crippen LogP contribution >= 0.6 is 0 Å². The van der Waals surface area contributed by atoms with Crippen molar-refractivity contribution >= 4 is 21.0 Å². The number of alkyl halides is 3. The number of hydrogen-bond acceptors (Lipinski definition) is 3. The van der Waals surface area contributed by atoms with Crippen LogP contribution in [0, 0.1) is 6.92 Å². The van der Waals surface area contributed by atoms with Crippen LogP contribution in [0.1, 0.15) is 5.69 Å². The van der Waals surface area contributed by atoms with Crippen LogP contribution in [0.4, 0.5) is 13.2 Å². The third kappa shape index (κ3) is 2.15. The van der Waals surface area contributed by atoms with Crippen molar-refractivity contribution in [3.8, 4) is 5.75 Å². The van der Waals surface area contributed by atoms with E-state index in [2.05, 4.69) is 9.17 Å². The monoisotopic (exact) mass is 279 g/mol. The molecule has 0 atom stereocenters. The molecule has 1 aromatic carbocycles. The number of nitrogens with one attached hydrogen (secondary N) is 1. The largest absolute Gasteiger partial charge is 0.534 e. The molecule has 0 unspecified atom stereocenters. The molecule has 0 radical (unpaired) electrons. The van der Waals surface area contributed by atoms with E-state index in [9.17, 15) is 21.6 Å². The second kappa shape index (κ2) is 3.91. The molecular formula is C10H8F3NO3S. The minimum Gasteiger partial charge on any atom is -0.375 e. The van der Waals surface area contributed by atoms with Crippen LogP contribution in [-0.4, -0.2) is 18.9 Å². The van der Waals surface area contributed by atoms with Gasteiger partial charge < -0.3 is 9.17 Å². The minimum atomic E-state index is -5.65. The summed E-state index contributed by atoms with van der Waals surface area (Å²) < 4.78 is 62.6. The summed E-state index contributed by atoms with van der Waals surface area (Å²) in [6.45, 7) is 1.70. The molecule has 2 rings (SSSR count). The Kier molecular flexibility index (Phi) is 2.77. The summed E-state index contributed by atoms with van der Waals surface area (Å²) in [4.78, 5) is 2.87. The van der Waals surface area contributed by atoms with Crippen LogP contribution in [-0.2, 0) is 10.1 Å². The summed E-state index contributed by atoms with van der Waals surface area (Å²) in [5.74, 6) is -0.353. The van der Waals surface area contributed by atoms with Crippen LogP contribution in [0.3, 0.4) is 0 Å². The molecule has 0 amide bonds. The number of halogens is 3. The van der Waals surface area contributed by atoms with E-state index in [0.717, 1.165) is 0 Å². The molecule has 0 aliphatic carbocycles. The Bertz CT molecular complexity index is 688. The lowest BCUT2D eigenvalue weighted by Gasteiger charge is -2.09. The third-order valence-electron chi connectivity index (χ3n) is 2.24. The fourth-order valence-corrected chi connectivity index (χ4v) is 1.98. The Morgan fingerprint density at radius 2 is 1.94 bits per heavy atom. The van der Waals surface area contributed by atoms with Crippen LogP contribution in [0.5, 0.6) is 5.75 Å². The SMILES string of the molecule is Cc1cc2c(OS(=O)(=O)C(F)(F)F)cccc2[nH]1. The lowest BCUT2D eigenvalue weighted by atomic mass is 10.2. The first kappa shape index (κ1) is 12.7. The fraction of sp³-hybridized carbons (Fsp3) is 0.200. The van der Waals surface area contributed by atoms with Gasteiger partial charge in [-0.1, -0.05) is 6.07 Å². The highest BCUT2D eigenvalue weighted by atomic mass is 32.2. The van der Waals surface area contributed by atoms with Crippen molar-refractivity contribution in [1.82, 2.24) is 4.98 Å². The standard InChI is InChI=1S/C10H8F3NO3S/c1-6-5-7-8(14-6)3-2-4-9(7)17-18(15,16)10(11,12)13/h2-5,14H,1H3. The summed E-state index contributed by atoms with van der Waals surface area (Å²) in [5, 5.41) is 0.280. The average molecular weight is 279 g/mol. The average Bonchev–Trinajstić information content (AvgIpc) is 2.57. The first-order valence-electron chi connectivity index (χ1n) is 4.80. The molecule has 0 saturated carbocycles. The van der Waals surface area contributed by atoms with Crippen molar-refractivity contribution in [1.29, 1.82) is 0 Å². The molecule has 2 aromatic rings. The molecule has 1 aromatic heterocycles. The lowest BCUT2D eigenvalue weighted by Crippen LogP contribution is -2.28. The van der Waals surface area contributed by atoms with Crippen LogP contribution in [0.25, 0.3) is 10.9 Å². The van der Waals surface area contributed by atoms with Crippen molar-refractivity contribution in [3.05, 3.63) is 30.0 Å². The van der Waals surface area contributed by atoms with Gasteiger partial charge in [0.05, 0.1) is 0 Å². The number of aromatic nitrogens is 1. The Labute approximate surface area is 100 Å². The van der Waals surface area contributed by atoms with Crippen molar-refractivity contribution in [2.45, 2.75) is 12.4 Å². The number of aryl methyl sites for hydroxylation is 1. The van der Waals surface area contributed by atoms with Gasteiger partial charge in [0.2, 0.25) is 0 Å². The number of fused-ring (bicyclic) bond motifs is 1. The number of hydrogen-bond donors (Lipinski definition) is 1. The molecular weight excluding hydrogens is 271 g/mol. The van der Waals surface area contributed by atoms with Gasteiger partial charge in [0.25, 0.3) is 0 Å². The van der Waals surface area contributed by atoms with E-state index in [1.807, 2.05) is 0 Å². The van der Waals surface area contributed by atoms with Crippen molar-refractivity contribution in [2.75, 3.05) is 0 Å². The van der Waals surface area contributed by atoms with E-state index in [1.165, 1.54) is 18.2 Å². The van der Waals surface area contributed by atoms with E-state index in [1.54, 1.807) is 13.0 Å². The smallest absolute Gasteiger partial charge is 0.375 e. The highest BCUT2D eigenvalue weighted by Gasteiger charge is 2.48. The van der Waals surface area contributed by atoms with Gasteiger partial charge in [-0.2, -0.15) is 21.6 Å². The topological polar surface area (TPSA) is 59.2 Å². The maximum Gasteiger partial charge on any atom is 0.534 e. The predicted molar refractivity (Wildman–Crippen MR) is 58.6 cm³/mol. The quantitative estimate of drug-likeness (QED) is 0.679. The van der Waals surface area contributed by atoms with E-state index < -0.39 is 15.6 Å². The Balaban J connectivity index is 2.51. The van der Waals surface area contributed by atoms with Gasteiger partial charge in [-0.25, -0.2) is 0 Å². The second-order valence-corrected chi connectivity index (χ2v) is 5.19. The Morgan fingerprint density at radius 1 is 1.28 bits per heavy atom. The van der Waals surface area contributed by atoms with Gasteiger partial charge in [-0.3, -0.25) is 0 Å².